The third-order valence-electron chi connectivity index (χ3n) is 0.542. The molecule has 0 aromatic carbocycles. The Bertz CT molecular complexity index is 200. The lowest BCUT2D eigenvalue weighted by Gasteiger charge is -1.87. The minimum atomic E-state index is -3.55. The summed E-state index contributed by atoms with van der Waals surface area (Å²) >= 11 is 4.82. The SMILES string of the molecule is F.O=C(Cl)CCS(=O)(=O)Cl. The molecule has 0 heterocycles. The topological polar surface area (TPSA) is 51.2 Å². The molecule has 0 saturated heterocycles. The largest absolute Gasteiger partial charge is 0.281 e. The van der Waals surface area contributed by atoms with Crippen LogP contribution in [-0.4, -0.2) is 19.4 Å². The van der Waals surface area contributed by atoms with Gasteiger partial charge in [-0.15, -0.1) is 0 Å². The molecule has 0 aromatic heterocycles. The van der Waals surface area contributed by atoms with Crippen LogP contribution < -0.4 is 0 Å². The highest BCUT2D eigenvalue weighted by Crippen LogP contribution is 2.00. The van der Waals surface area contributed by atoms with E-state index in [9.17, 15) is 13.2 Å². The number of halogens is 3. The molecule has 0 spiro atoms. The molecule has 0 bridgehead atoms. The zero-order chi connectivity index (χ0) is 7.49. The standard InChI is InChI=1S/C3H4Cl2O3S.FH/c4-3(6)1-2-9(5,7)8;/h1-2H2;1H. The number of rotatable bonds is 3. The molecule has 0 unspecified atom stereocenters. The van der Waals surface area contributed by atoms with Gasteiger partial charge in [0.25, 0.3) is 0 Å². The Morgan fingerprint density at radius 3 is 1.90 bits per heavy atom. The second-order valence-corrected chi connectivity index (χ2v) is 4.67. The molecule has 0 aliphatic carbocycles. The Kier molecular flexibility index (Phi) is 6.22. The Morgan fingerprint density at radius 1 is 1.40 bits per heavy atom. The van der Waals surface area contributed by atoms with Crippen LogP contribution in [0.4, 0.5) is 4.70 Å². The molecule has 7 heteroatoms. The Balaban J connectivity index is 0. The van der Waals surface area contributed by atoms with Gasteiger partial charge in [0.1, 0.15) is 0 Å². The van der Waals surface area contributed by atoms with Gasteiger partial charge in [0.15, 0.2) is 0 Å². The summed E-state index contributed by atoms with van der Waals surface area (Å²) < 4.78 is 20.2. The molecular formula is C3H5Cl2FO3S. The van der Waals surface area contributed by atoms with Gasteiger partial charge in [-0.2, -0.15) is 0 Å². The fourth-order valence-corrected chi connectivity index (χ4v) is 1.07. The van der Waals surface area contributed by atoms with E-state index in [1.807, 2.05) is 0 Å². The van der Waals surface area contributed by atoms with Gasteiger partial charge in [-0.25, -0.2) is 8.42 Å². The first-order chi connectivity index (χ1) is 3.92. The number of hydrogen-bond donors (Lipinski definition) is 0. The zero-order valence-corrected chi connectivity index (χ0v) is 7.04. The highest BCUT2D eigenvalue weighted by molar-refractivity contribution is 8.13. The summed E-state index contributed by atoms with van der Waals surface area (Å²) in [5.74, 6) is -0.392. The van der Waals surface area contributed by atoms with E-state index in [1.165, 1.54) is 0 Å². The van der Waals surface area contributed by atoms with Crippen LogP contribution in [0.2, 0.25) is 0 Å². The second-order valence-electron chi connectivity index (χ2n) is 1.35. The molecule has 0 aromatic rings. The summed E-state index contributed by atoms with van der Waals surface area (Å²) in [6.07, 6.45) is -0.229. The lowest BCUT2D eigenvalue weighted by atomic mass is 10.6. The van der Waals surface area contributed by atoms with Gasteiger partial charge in [-0.05, 0) is 11.6 Å². The van der Waals surface area contributed by atoms with Crippen molar-refractivity contribution in [2.45, 2.75) is 6.42 Å². The van der Waals surface area contributed by atoms with Gasteiger partial charge < -0.3 is 0 Å². The number of carbonyl (C=O) groups excluding carboxylic acids is 1. The highest BCUT2D eigenvalue weighted by Gasteiger charge is 2.06. The van der Waals surface area contributed by atoms with Crippen molar-refractivity contribution < 1.29 is 17.9 Å². The normalized spacial score (nSPS) is 10.2. The van der Waals surface area contributed by atoms with Crippen molar-refractivity contribution in [3.63, 3.8) is 0 Å². The van der Waals surface area contributed by atoms with Crippen LogP contribution in [0.3, 0.4) is 0 Å². The quantitative estimate of drug-likeness (QED) is 0.650. The fourth-order valence-electron chi connectivity index (χ4n) is 0.202. The molecule has 0 aliphatic rings. The molecule has 0 N–H and O–H groups in total. The molecule has 0 amide bonds. The van der Waals surface area contributed by atoms with Crippen molar-refractivity contribution in [2.75, 3.05) is 5.75 Å². The van der Waals surface area contributed by atoms with Gasteiger partial charge in [0.2, 0.25) is 14.3 Å². The predicted octanol–water partition coefficient (Wildman–Crippen LogP) is 0.863. The second kappa shape index (κ2) is 4.87. The van der Waals surface area contributed by atoms with E-state index in [1.54, 1.807) is 0 Å². The summed E-state index contributed by atoms with van der Waals surface area (Å²) in [6, 6.07) is 0. The van der Waals surface area contributed by atoms with Crippen LogP contribution in [0, 0.1) is 0 Å². The van der Waals surface area contributed by atoms with Crippen molar-refractivity contribution in [1.82, 2.24) is 0 Å². The van der Waals surface area contributed by atoms with Crippen molar-refractivity contribution >= 4 is 36.6 Å². The Morgan fingerprint density at radius 2 is 1.80 bits per heavy atom. The smallest absolute Gasteiger partial charge is 0.233 e. The van der Waals surface area contributed by atoms with Crippen molar-refractivity contribution in [2.24, 2.45) is 0 Å². The molecule has 62 valence electrons. The lowest BCUT2D eigenvalue weighted by Crippen LogP contribution is -2.00. The van der Waals surface area contributed by atoms with E-state index in [4.69, 9.17) is 22.3 Å². The van der Waals surface area contributed by atoms with Crippen molar-refractivity contribution in [3.05, 3.63) is 0 Å². The van der Waals surface area contributed by atoms with Gasteiger partial charge >= 0.3 is 0 Å². The van der Waals surface area contributed by atoms with Crippen molar-refractivity contribution in [3.8, 4) is 0 Å². The zero-order valence-electron chi connectivity index (χ0n) is 4.71. The van der Waals surface area contributed by atoms with Crippen LogP contribution in [0.15, 0.2) is 0 Å². The third kappa shape index (κ3) is 11.0. The third-order valence-corrected chi connectivity index (χ3v) is 1.89. The van der Waals surface area contributed by atoms with Crippen LogP contribution in [0.25, 0.3) is 0 Å². The van der Waals surface area contributed by atoms with Crippen LogP contribution in [-0.2, 0) is 13.8 Å². The monoisotopic (exact) mass is 210 g/mol. The first kappa shape index (κ1) is 12.8. The molecule has 10 heavy (non-hydrogen) atoms. The molecule has 0 radical (unpaired) electrons. The fraction of sp³-hybridized carbons (Fsp3) is 0.667. The number of carbonyl (C=O) groups is 1. The maximum Gasteiger partial charge on any atom is 0.233 e. The lowest BCUT2D eigenvalue weighted by molar-refractivity contribution is -0.111. The van der Waals surface area contributed by atoms with Gasteiger partial charge in [-0.3, -0.25) is 9.50 Å². The number of hydrogen-bond acceptors (Lipinski definition) is 3. The first-order valence-electron chi connectivity index (χ1n) is 2.02. The van der Waals surface area contributed by atoms with Crippen LogP contribution in [0.1, 0.15) is 6.42 Å². The Labute approximate surface area is 67.1 Å². The van der Waals surface area contributed by atoms with E-state index in [0.29, 0.717) is 0 Å². The molecular weight excluding hydrogens is 206 g/mol. The average molecular weight is 211 g/mol. The highest BCUT2D eigenvalue weighted by atomic mass is 35.7. The summed E-state index contributed by atoms with van der Waals surface area (Å²) in [5, 5.41) is -0.695. The molecule has 3 nitrogen and oxygen atoms in total. The summed E-state index contributed by atoms with van der Waals surface area (Å²) in [6.45, 7) is 0. The summed E-state index contributed by atoms with van der Waals surface area (Å²) in [5.41, 5.74) is 0. The van der Waals surface area contributed by atoms with Crippen LogP contribution >= 0.6 is 22.3 Å². The van der Waals surface area contributed by atoms with Gasteiger partial charge in [0, 0.05) is 17.1 Å². The minimum Gasteiger partial charge on any atom is -0.281 e. The van der Waals surface area contributed by atoms with E-state index in [0.717, 1.165) is 0 Å². The van der Waals surface area contributed by atoms with E-state index >= 15 is 0 Å². The minimum absolute atomic E-state index is 0. The Hall–Kier alpha value is 0.130. The average Bonchev–Trinajstić information content (AvgIpc) is 1.59. The summed E-state index contributed by atoms with van der Waals surface area (Å²) in [4.78, 5) is 9.93. The molecule has 0 atom stereocenters. The van der Waals surface area contributed by atoms with Crippen molar-refractivity contribution in [1.29, 1.82) is 0 Å². The maximum atomic E-state index is 10.1. The molecule has 0 rings (SSSR count). The molecule has 0 fully saturated rings. The van der Waals surface area contributed by atoms with Crippen LogP contribution in [0.5, 0.6) is 0 Å². The first-order valence-corrected chi connectivity index (χ1v) is 4.88. The maximum absolute atomic E-state index is 10.1. The summed E-state index contributed by atoms with van der Waals surface area (Å²) in [7, 11) is 1.19. The predicted molar refractivity (Wildman–Crippen MR) is 37.6 cm³/mol. The molecule has 0 aliphatic heterocycles. The van der Waals surface area contributed by atoms with Gasteiger partial charge in [-0.1, -0.05) is 0 Å². The van der Waals surface area contributed by atoms with E-state index < -0.39 is 20.0 Å². The van der Waals surface area contributed by atoms with E-state index in [-0.39, 0.29) is 11.1 Å². The van der Waals surface area contributed by atoms with Gasteiger partial charge in [0.05, 0.1) is 5.75 Å². The van der Waals surface area contributed by atoms with E-state index in [2.05, 4.69) is 0 Å². The molecule has 0 saturated carbocycles.